The molecule has 100 valence electrons. The minimum atomic E-state index is -0.0653. The van der Waals surface area contributed by atoms with Crippen LogP contribution in [0.4, 0.5) is 0 Å². The zero-order valence-electron chi connectivity index (χ0n) is 10.4. The lowest BCUT2D eigenvalue weighted by Crippen LogP contribution is -2.45. The molecule has 1 aromatic heterocycles. The summed E-state index contributed by atoms with van der Waals surface area (Å²) in [6.45, 7) is 1.42. The van der Waals surface area contributed by atoms with Crippen molar-refractivity contribution in [1.29, 1.82) is 0 Å². The number of carbonyl (C=O) groups excluding carboxylic acids is 1. The van der Waals surface area contributed by atoms with Crippen molar-refractivity contribution >= 4 is 28.8 Å². The van der Waals surface area contributed by atoms with Gasteiger partial charge in [0, 0.05) is 18.5 Å². The zero-order valence-corrected chi connectivity index (χ0v) is 11.9. The zero-order chi connectivity index (χ0) is 13.1. The van der Waals surface area contributed by atoms with Crippen molar-refractivity contribution < 1.29 is 4.79 Å². The first-order valence-electron chi connectivity index (χ1n) is 6.10. The second-order valence-corrected chi connectivity index (χ2v) is 6.15. The Balaban J connectivity index is 2.19. The van der Waals surface area contributed by atoms with Crippen LogP contribution >= 0.6 is 22.9 Å². The molecule has 3 N–H and O–H groups in total. The van der Waals surface area contributed by atoms with E-state index in [9.17, 15) is 4.79 Å². The molecule has 18 heavy (non-hydrogen) atoms. The number of hydrogen-bond acceptors (Lipinski definition) is 4. The SMILES string of the molecule is CNC(=O)C1CCCN1C(CN)c1ccc(Cl)s1. The van der Waals surface area contributed by atoms with Crippen LogP contribution in [0.1, 0.15) is 23.8 Å². The van der Waals surface area contributed by atoms with E-state index in [0.717, 1.165) is 28.6 Å². The largest absolute Gasteiger partial charge is 0.358 e. The van der Waals surface area contributed by atoms with E-state index < -0.39 is 0 Å². The van der Waals surface area contributed by atoms with Crippen molar-refractivity contribution in [3.63, 3.8) is 0 Å². The number of nitrogens with two attached hydrogens (primary N) is 1. The molecule has 1 aliphatic rings. The average Bonchev–Trinajstić information content (AvgIpc) is 2.99. The highest BCUT2D eigenvalue weighted by Gasteiger charge is 2.35. The molecule has 0 spiro atoms. The van der Waals surface area contributed by atoms with Crippen LogP contribution in [-0.2, 0) is 4.79 Å². The first-order valence-corrected chi connectivity index (χ1v) is 7.29. The summed E-state index contributed by atoms with van der Waals surface area (Å²) in [5.41, 5.74) is 5.89. The van der Waals surface area contributed by atoms with Crippen LogP contribution in [0.3, 0.4) is 0 Å². The Morgan fingerprint density at radius 2 is 2.50 bits per heavy atom. The fraction of sp³-hybridized carbons (Fsp3) is 0.583. The van der Waals surface area contributed by atoms with Gasteiger partial charge in [0.1, 0.15) is 0 Å². The van der Waals surface area contributed by atoms with E-state index in [-0.39, 0.29) is 18.0 Å². The molecule has 1 amide bonds. The van der Waals surface area contributed by atoms with Gasteiger partial charge in [-0.2, -0.15) is 0 Å². The van der Waals surface area contributed by atoms with E-state index in [2.05, 4.69) is 10.2 Å². The number of likely N-dealkylation sites (N-methyl/N-ethyl adjacent to an activating group) is 1. The van der Waals surface area contributed by atoms with Crippen LogP contribution < -0.4 is 11.1 Å². The van der Waals surface area contributed by atoms with Crippen LogP contribution in [-0.4, -0.2) is 37.0 Å². The van der Waals surface area contributed by atoms with E-state index in [0.29, 0.717) is 6.54 Å². The number of nitrogens with one attached hydrogen (secondary N) is 1. The minimum Gasteiger partial charge on any atom is -0.358 e. The topological polar surface area (TPSA) is 58.4 Å². The number of carbonyl (C=O) groups is 1. The molecule has 0 bridgehead atoms. The van der Waals surface area contributed by atoms with Crippen molar-refractivity contribution in [2.45, 2.75) is 24.9 Å². The highest BCUT2D eigenvalue weighted by molar-refractivity contribution is 7.16. The average molecular weight is 288 g/mol. The summed E-state index contributed by atoms with van der Waals surface area (Å²) in [6, 6.07) is 3.91. The van der Waals surface area contributed by atoms with E-state index >= 15 is 0 Å². The van der Waals surface area contributed by atoms with Gasteiger partial charge in [-0.25, -0.2) is 0 Å². The second-order valence-electron chi connectivity index (χ2n) is 4.40. The molecule has 0 saturated carbocycles. The molecule has 4 nitrogen and oxygen atoms in total. The number of hydrogen-bond donors (Lipinski definition) is 2. The molecule has 2 atom stereocenters. The molecule has 0 radical (unpaired) electrons. The number of thiophene rings is 1. The maximum atomic E-state index is 11.9. The van der Waals surface area contributed by atoms with Gasteiger partial charge in [-0.1, -0.05) is 11.6 Å². The first kappa shape index (κ1) is 13.8. The standard InChI is InChI=1S/C12H18ClN3OS/c1-15-12(17)8-3-2-6-16(8)9(7-14)10-4-5-11(13)18-10/h4-5,8-9H,2-3,6-7,14H2,1H3,(H,15,17). The lowest BCUT2D eigenvalue weighted by atomic mass is 10.1. The molecule has 2 rings (SSSR count). The number of halogens is 1. The Morgan fingerprint density at radius 1 is 1.72 bits per heavy atom. The molecule has 2 heterocycles. The quantitative estimate of drug-likeness (QED) is 0.885. The van der Waals surface area contributed by atoms with Crippen LogP contribution in [0.15, 0.2) is 12.1 Å². The highest BCUT2D eigenvalue weighted by Crippen LogP contribution is 2.34. The fourth-order valence-electron chi connectivity index (χ4n) is 2.53. The van der Waals surface area contributed by atoms with Gasteiger partial charge in [0.25, 0.3) is 0 Å². The Labute approximate surface area is 116 Å². The van der Waals surface area contributed by atoms with Gasteiger partial charge >= 0.3 is 0 Å². The molecule has 0 aromatic carbocycles. The number of amides is 1. The molecule has 0 aliphatic carbocycles. The summed E-state index contributed by atoms with van der Waals surface area (Å²) in [5, 5.41) is 2.73. The van der Waals surface area contributed by atoms with Crippen molar-refractivity contribution in [2.75, 3.05) is 20.1 Å². The van der Waals surface area contributed by atoms with Crippen molar-refractivity contribution in [3.05, 3.63) is 21.3 Å². The summed E-state index contributed by atoms with van der Waals surface area (Å²) in [4.78, 5) is 15.2. The highest BCUT2D eigenvalue weighted by atomic mass is 35.5. The maximum Gasteiger partial charge on any atom is 0.237 e. The van der Waals surface area contributed by atoms with Gasteiger partial charge in [-0.05, 0) is 31.5 Å². The monoisotopic (exact) mass is 287 g/mol. The van der Waals surface area contributed by atoms with Crippen molar-refractivity contribution in [3.8, 4) is 0 Å². The van der Waals surface area contributed by atoms with Crippen molar-refractivity contribution in [2.24, 2.45) is 5.73 Å². The third-order valence-corrected chi connectivity index (χ3v) is 4.72. The van der Waals surface area contributed by atoms with Crippen LogP contribution in [0.2, 0.25) is 4.34 Å². The van der Waals surface area contributed by atoms with Gasteiger partial charge in [-0.3, -0.25) is 9.69 Å². The Hall–Kier alpha value is -0.620. The van der Waals surface area contributed by atoms with Gasteiger partial charge in [-0.15, -0.1) is 11.3 Å². The summed E-state index contributed by atoms with van der Waals surface area (Å²) < 4.78 is 0.763. The Kier molecular flexibility index (Phi) is 4.61. The fourth-order valence-corrected chi connectivity index (χ4v) is 3.73. The van der Waals surface area contributed by atoms with E-state index in [1.54, 1.807) is 18.4 Å². The minimum absolute atomic E-state index is 0.0653. The summed E-state index contributed by atoms with van der Waals surface area (Å²) in [7, 11) is 1.68. The Bertz CT molecular complexity index is 423. The molecule has 1 aliphatic heterocycles. The molecular weight excluding hydrogens is 270 g/mol. The number of nitrogens with zero attached hydrogens (tertiary/aromatic N) is 1. The summed E-state index contributed by atoms with van der Waals surface area (Å²) in [5.74, 6) is 0.0774. The third kappa shape index (κ3) is 2.69. The summed E-state index contributed by atoms with van der Waals surface area (Å²) in [6.07, 6.45) is 1.93. The predicted octanol–water partition coefficient (Wildman–Crippen LogP) is 1.61. The lowest BCUT2D eigenvalue weighted by molar-refractivity contribution is -0.125. The third-order valence-electron chi connectivity index (χ3n) is 3.39. The van der Waals surface area contributed by atoms with E-state index in [4.69, 9.17) is 17.3 Å². The van der Waals surface area contributed by atoms with E-state index in [1.807, 2.05) is 12.1 Å². The maximum absolute atomic E-state index is 11.9. The molecule has 1 aromatic rings. The molecule has 1 saturated heterocycles. The molecule has 6 heteroatoms. The molecular formula is C12H18ClN3OS. The van der Waals surface area contributed by atoms with E-state index in [1.165, 1.54) is 0 Å². The normalized spacial score (nSPS) is 22.1. The smallest absolute Gasteiger partial charge is 0.237 e. The predicted molar refractivity (Wildman–Crippen MR) is 74.9 cm³/mol. The van der Waals surface area contributed by atoms with Gasteiger partial charge in [0.2, 0.25) is 5.91 Å². The molecule has 2 unspecified atom stereocenters. The Morgan fingerprint density at radius 3 is 3.06 bits per heavy atom. The number of likely N-dealkylation sites (tertiary alicyclic amines) is 1. The first-order chi connectivity index (χ1) is 8.67. The lowest BCUT2D eigenvalue weighted by Gasteiger charge is -2.30. The van der Waals surface area contributed by atoms with Crippen LogP contribution in [0, 0.1) is 0 Å². The van der Waals surface area contributed by atoms with Gasteiger partial charge < -0.3 is 11.1 Å². The van der Waals surface area contributed by atoms with Gasteiger partial charge in [0.15, 0.2) is 0 Å². The molecule has 1 fully saturated rings. The van der Waals surface area contributed by atoms with Gasteiger partial charge in [0.05, 0.1) is 16.4 Å². The van der Waals surface area contributed by atoms with Crippen LogP contribution in [0.5, 0.6) is 0 Å². The van der Waals surface area contributed by atoms with Crippen LogP contribution in [0.25, 0.3) is 0 Å². The van der Waals surface area contributed by atoms with Crippen molar-refractivity contribution in [1.82, 2.24) is 10.2 Å². The summed E-state index contributed by atoms with van der Waals surface area (Å²) >= 11 is 7.51. The number of rotatable bonds is 4. The second kappa shape index (κ2) is 6.02.